The summed E-state index contributed by atoms with van der Waals surface area (Å²) >= 11 is 0. The molecule has 0 aliphatic carbocycles. The van der Waals surface area contributed by atoms with Crippen molar-refractivity contribution in [3.05, 3.63) is 29.8 Å². The van der Waals surface area contributed by atoms with Crippen molar-refractivity contribution in [3.8, 4) is 0 Å². The van der Waals surface area contributed by atoms with Gasteiger partial charge in [0.1, 0.15) is 11.0 Å². The number of benzene rings is 1. The summed E-state index contributed by atoms with van der Waals surface area (Å²) in [5.74, 6) is -0.335. The number of carbonyl (C=O) groups excluding carboxylic acids is 2. The fourth-order valence-corrected chi connectivity index (χ4v) is 3.70. The van der Waals surface area contributed by atoms with E-state index in [0.717, 1.165) is 11.0 Å². The monoisotopic (exact) mass is 431 g/mol. The van der Waals surface area contributed by atoms with Crippen LogP contribution in [0, 0.1) is 0 Å². The van der Waals surface area contributed by atoms with Gasteiger partial charge in [-0.2, -0.15) is 0 Å². The van der Waals surface area contributed by atoms with Gasteiger partial charge in [0, 0.05) is 13.1 Å². The minimum Gasteiger partial charge on any atom is -0.465 e. The number of amides is 1. The number of likely N-dealkylation sites (tertiary alicyclic amines) is 1. The maximum absolute atomic E-state index is 12.9. The van der Waals surface area contributed by atoms with Gasteiger partial charge in [0.2, 0.25) is 0 Å². The molecule has 31 heavy (non-hydrogen) atoms. The summed E-state index contributed by atoms with van der Waals surface area (Å²) in [5, 5.41) is 0. The standard InChI is InChI=1S/C23H34BNO6/c1-9-28-18(26)23(14-25(15-23)19(27)29-20(2,3)4)16-10-12-17(13-11-16)24-30-21(5,6)22(7,8)31-24/h10-13H,9,14-15H2,1-8H3. The number of hydrogen-bond acceptors (Lipinski definition) is 6. The molecule has 0 bridgehead atoms. The van der Waals surface area contributed by atoms with Crippen molar-refractivity contribution in [2.24, 2.45) is 0 Å². The van der Waals surface area contributed by atoms with Gasteiger partial charge in [-0.3, -0.25) is 4.79 Å². The Labute approximate surface area is 185 Å². The molecule has 0 aromatic heterocycles. The number of nitrogens with zero attached hydrogens (tertiary/aromatic N) is 1. The van der Waals surface area contributed by atoms with Crippen LogP contribution in [0.3, 0.4) is 0 Å². The van der Waals surface area contributed by atoms with Crippen LogP contribution in [0.5, 0.6) is 0 Å². The van der Waals surface area contributed by atoms with E-state index in [4.69, 9.17) is 18.8 Å². The van der Waals surface area contributed by atoms with Crippen LogP contribution in [0.25, 0.3) is 0 Å². The first-order valence-corrected chi connectivity index (χ1v) is 10.8. The van der Waals surface area contributed by atoms with Crippen molar-refractivity contribution >= 4 is 24.6 Å². The molecule has 2 heterocycles. The van der Waals surface area contributed by atoms with Crippen LogP contribution in [0.2, 0.25) is 0 Å². The molecule has 1 amide bonds. The molecule has 2 aliphatic rings. The van der Waals surface area contributed by atoms with Crippen molar-refractivity contribution in [1.82, 2.24) is 4.90 Å². The quantitative estimate of drug-likeness (QED) is 0.539. The second kappa shape index (κ2) is 7.82. The van der Waals surface area contributed by atoms with Crippen molar-refractivity contribution < 1.29 is 28.4 Å². The molecule has 0 saturated carbocycles. The molecular weight excluding hydrogens is 397 g/mol. The largest absolute Gasteiger partial charge is 0.494 e. The lowest BCUT2D eigenvalue weighted by atomic mass is 9.71. The molecule has 7 nitrogen and oxygen atoms in total. The van der Waals surface area contributed by atoms with Crippen molar-refractivity contribution in [2.45, 2.75) is 77.6 Å². The number of rotatable bonds is 4. The molecule has 3 rings (SSSR count). The molecule has 8 heteroatoms. The number of ether oxygens (including phenoxy) is 2. The molecule has 2 saturated heterocycles. The first kappa shape index (κ1) is 23.6. The Morgan fingerprint density at radius 2 is 1.55 bits per heavy atom. The Balaban J connectivity index is 1.79. The third-order valence-electron chi connectivity index (χ3n) is 6.23. The molecule has 0 radical (unpaired) electrons. The average Bonchev–Trinajstić information content (AvgIpc) is 2.81. The van der Waals surface area contributed by atoms with Crippen LogP contribution in [0.1, 0.15) is 61.0 Å². The number of hydrogen-bond donors (Lipinski definition) is 0. The molecule has 0 atom stereocenters. The van der Waals surface area contributed by atoms with Crippen LogP contribution in [-0.4, -0.2) is 60.6 Å². The van der Waals surface area contributed by atoms with Crippen LogP contribution < -0.4 is 5.46 Å². The van der Waals surface area contributed by atoms with E-state index >= 15 is 0 Å². The lowest BCUT2D eigenvalue weighted by Gasteiger charge is -2.48. The van der Waals surface area contributed by atoms with E-state index in [1.807, 2.05) is 72.7 Å². The highest BCUT2D eigenvalue weighted by Crippen LogP contribution is 2.38. The number of carbonyl (C=O) groups is 2. The van der Waals surface area contributed by atoms with E-state index in [-0.39, 0.29) is 25.7 Å². The Hall–Kier alpha value is -2.06. The van der Waals surface area contributed by atoms with E-state index in [9.17, 15) is 9.59 Å². The molecule has 2 fully saturated rings. The first-order valence-electron chi connectivity index (χ1n) is 10.8. The smallest absolute Gasteiger partial charge is 0.465 e. The summed E-state index contributed by atoms with van der Waals surface area (Å²) in [5.41, 5.74) is -0.671. The highest BCUT2D eigenvalue weighted by atomic mass is 16.7. The van der Waals surface area contributed by atoms with E-state index in [1.54, 1.807) is 6.92 Å². The maximum atomic E-state index is 12.9. The Kier molecular flexibility index (Phi) is 5.95. The zero-order valence-corrected chi connectivity index (χ0v) is 19.9. The van der Waals surface area contributed by atoms with Gasteiger partial charge >= 0.3 is 19.2 Å². The summed E-state index contributed by atoms with van der Waals surface area (Å²) in [6.45, 7) is 16.0. The van der Waals surface area contributed by atoms with E-state index in [0.29, 0.717) is 0 Å². The van der Waals surface area contributed by atoms with Crippen LogP contribution in [-0.2, 0) is 29.0 Å². The molecule has 2 aliphatic heterocycles. The van der Waals surface area contributed by atoms with Gasteiger partial charge < -0.3 is 23.7 Å². The van der Waals surface area contributed by atoms with E-state index in [1.165, 1.54) is 4.90 Å². The van der Waals surface area contributed by atoms with Gasteiger partial charge in [0.25, 0.3) is 0 Å². The summed E-state index contributed by atoms with van der Waals surface area (Å²) < 4.78 is 23.0. The normalized spacial score (nSPS) is 21.4. The molecule has 0 spiro atoms. The van der Waals surface area contributed by atoms with Gasteiger partial charge in [-0.25, -0.2) is 4.79 Å². The van der Waals surface area contributed by atoms with E-state index < -0.39 is 35.4 Å². The average molecular weight is 431 g/mol. The van der Waals surface area contributed by atoms with Gasteiger partial charge in [0.15, 0.2) is 0 Å². The maximum Gasteiger partial charge on any atom is 0.494 e. The van der Waals surface area contributed by atoms with Gasteiger partial charge in [-0.1, -0.05) is 24.3 Å². The molecule has 1 aromatic carbocycles. The summed E-state index contributed by atoms with van der Waals surface area (Å²) in [4.78, 5) is 26.8. The van der Waals surface area contributed by atoms with Gasteiger partial charge in [-0.15, -0.1) is 0 Å². The predicted molar refractivity (Wildman–Crippen MR) is 118 cm³/mol. The zero-order valence-electron chi connectivity index (χ0n) is 19.9. The fourth-order valence-electron chi connectivity index (χ4n) is 3.70. The lowest BCUT2D eigenvalue weighted by Crippen LogP contribution is -2.66. The molecule has 0 N–H and O–H groups in total. The first-order chi connectivity index (χ1) is 14.2. The van der Waals surface area contributed by atoms with Crippen LogP contribution >= 0.6 is 0 Å². The van der Waals surface area contributed by atoms with Crippen LogP contribution in [0.15, 0.2) is 24.3 Å². The number of esters is 1. The SMILES string of the molecule is CCOC(=O)C1(c2ccc(B3OC(C)(C)C(C)(C)O3)cc2)CN(C(=O)OC(C)(C)C)C1. The minimum absolute atomic E-state index is 0.219. The highest BCUT2D eigenvalue weighted by Gasteiger charge is 2.55. The van der Waals surface area contributed by atoms with Crippen molar-refractivity contribution in [1.29, 1.82) is 0 Å². The predicted octanol–water partition coefficient (Wildman–Crippen LogP) is 3.04. The molecular formula is C23H34BNO6. The Morgan fingerprint density at radius 1 is 1.03 bits per heavy atom. The lowest BCUT2D eigenvalue weighted by molar-refractivity contribution is -0.157. The molecule has 170 valence electrons. The summed E-state index contributed by atoms with van der Waals surface area (Å²) in [7, 11) is -0.475. The zero-order chi connectivity index (χ0) is 23.2. The third-order valence-corrected chi connectivity index (χ3v) is 6.23. The minimum atomic E-state index is -0.901. The fraction of sp³-hybridized carbons (Fsp3) is 0.652. The third kappa shape index (κ3) is 4.46. The molecule has 1 aromatic rings. The summed E-state index contributed by atoms with van der Waals surface area (Å²) in [6.07, 6.45) is -0.429. The molecule has 0 unspecified atom stereocenters. The van der Waals surface area contributed by atoms with Crippen molar-refractivity contribution in [3.63, 3.8) is 0 Å². The van der Waals surface area contributed by atoms with Crippen molar-refractivity contribution in [2.75, 3.05) is 19.7 Å². The van der Waals surface area contributed by atoms with Gasteiger partial charge in [-0.05, 0) is 66.4 Å². The Bertz CT molecular complexity index is 821. The van der Waals surface area contributed by atoms with Crippen LogP contribution in [0.4, 0.5) is 4.79 Å². The summed E-state index contributed by atoms with van der Waals surface area (Å²) in [6, 6.07) is 7.61. The second-order valence-electron chi connectivity index (χ2n) is 10.3. The van der Waals surface area contributed by atoms with Gasteiger partial charge in [0.05, 0.1) is 17.8 Å². The highest BCUT2D eigenvalue weighted by molar-refractivity contribution is 6.62. The Morgan fingerprint density at radius 3 is 2.00 bits per heavy atom. The topological polar surface area (TPSA) is 74.3 Å². The van der Waals surface area contributed by atoms with E-state index in [2.05, 4.69) is 0 Å². The second-order valence-corrected chi connectivity index (χ2v) is 10.3.